The molecule has 5 nitrogen and oxygen atoms in total. The first-order valence-electron chi connectivity index (χ1n) is 6.77. The van der Waals surface area contributed by atoms with Crippen molar-refractivity contribution in [1.29, 1.82) is 0 Å². The van der Waals surface area contributed by atoms with Gasteiger partial charge in [0.1, 0.15) is 0 Å². The van der Waals surface area contributed by atoms with E-state index in [0.29, 0.717) is 30.2 Å². The Kier molecular flexibility index (Phi) is 6.18. The number of amides is 1. The zero-order valence-corrected chi connectivity index (χ0v) is 12.2. The largest absolute Gasteiger partial charge is 0.462 e. The molecular formula is C15H22N2O3. The van der Waals surface area contributed by atoms with Crippen LogP contribution < -0.4 is 11.1 Å². The van der Waals surface area contributed by atoms with Gasteiger partial charge in [-0.25, -0.2) is 4.79 Å². The van der Waals surface area contributed by atoms with Crippen LogP contribution in [-0.2, 0) is 9.53 Å². The van der Waals surface area contributed by atoms with Crippen LogP contribution in [0.2, 0.25) is 0 Å². The molecule has 0 bridgehead atoms. The highest BCUT2D eigenvalue weighted by Crippen LogP contribution is 2.13. The summed E-state index contributed by atoms with van der Waals surface area (Å²) in [6, 6.07) is 6.07. The maximum atomic E-state index is 11.9. The van der Waals surface area contributed by atoms with E-state index < -0.39 is 12.0 Å². The van der Waals surface area contributed by atoms with Crippen LogP contribution in [0, 0.1) is 5.92 Å². The highest BCUT2D eigenvalue weighted by atomic mass is 16.5. The summed E-state index contributed by atoms with van der Waals surface area (Å²) < 4.78 is 4.91. The van der Waals surface area contributed by atoms with Gasteiger partial charge in [0.15, 0.2) is 0 Å². The van der Waals surface area contributed by atoms with Gasteiger partial charge in [0.2, 0.25) is 5.91 Å². The first-order chi connectivity index (χ1) is 9.43. The smallest absolute Gasteiger partial charge is 0.338 e. The van der Waals surface area contributed by atoms with Gasteiger partial charge in [-0.3, -0.25) is 4.79 Å². The van der Waals surface area contributed by atoms with E-state index in [0.717, 1.165) is 0 Å². The molecule has 0 saturated heterocycles. The minimum atomic E-state index is -0.554. The lowest BCUT2D eigenvalue weighted by atomic mass is 10.0. The Bertz CT molecular complexity index is 472. The van der Waals surface area contributed by atoms with E-state index in [2.05, 4.69) is 5.32 Å². The van der Waals surface area contributed by atoms with Crippen LogP contribution in [-0.4, -0.2) is 24.5 Å². The van der Waals surface area contributed by atoms with Crippen LogP contribution in [0.1, 0.15) is 37.6 Å². The maximum absolute atomic E-state index is 11.9. The Balaban J connectivity index is 2.71. The number of benzene rings is 1. The molecule has 20 heavy (non-hydrogen) atoms. The molecule has 0 saturated carbocycles. The van der Waals surface area contributed by atoms with Crippen LogP contribution in [0.3, 0.4) is 0 Å². The van der Waals surface area contributed by atoms with E-state index in [-0.39, 0.29) is 5.91 Å². The molecule has 1 atom stereocenters. The molecule has 0 aliphatic rings. The topological polar surface area (TPSA) is 81.4 Å². The molecule has 0 aliphatic carbocycles. The number of nitrogens with one attached hydrogen (secondary N) is 1. The third-order valence-corrected chi connectivity index (χ3v) is 2.70. The van der Waals surface area contributed by atoms with E-state index in [4.69, 9.17) is 10.5 Å². The quantitative estimate of drug-likeness (QED) is 0.781. The number of hydrogen-bond acceptors (Lipinski definition) is 4. The zero-order valence-electron chi connectivity index (χ0n) is 12.2. The summed E-state index contributed by atoms with van der Waals surface area (Å²) in [5.41, 5.74) is 6.75. The second-order valence-electron chi connectivity index (χ2n) is 5.03. The lowest BCUT2D eigenvalue weighted by molar-refractivity contribution is -0.117. The number of rotatable bonds is 6. The zero-order chi connectivity index (χ0) is 15.1. The number of nitrogens with two attached hydrogens (primary N) is 1. The molecule has 0 heterocycles. The maximum Gasteiger partial charge on any atom is 0.338 e. The number of anilines is 1. The summed E-state index contributed by atoms with van der Waals surface area (Å²) in [6.45, 7) is 6.08. The standard InChI is InChI=1S/C15H22N2O3/c1-4-20-15(19)11-6-5-7-12(9-11)17-14(18)13(16)8-10(2)3/h5-7,9-10,13H,4,8,16H2,1-3H3,(H,17,18). The fraction of sp³-hybridized carbons (Fsp3) is 0.467. The fourth-order valence-electron chi connectivity index (χ4n) is 1.79. The summed E-state index contributed by atoms with van der Waals surface area (Å²) >= 11 is 0. The summed E-state index contributed by atoms with van der Waals surface area (Å²) in [5.74, 6) is -0.309. The third-order valence-electron chi connectivity index (χ3n) is 2.70. The van der Waals surface area contributed by atoms with Gasteiger partial charge in [-0.15, -0.1) is 0 Å². The summed E-state index contributed by atoms with van der Waals surface area (Å²) in [6.07, 6.45) is 0.614. The molecule has 5 heteroatoms. The summed E-state index contributed by atoms with van der Waals surface area (Å²) in [7, 11) is 0. The van der Waals surface area contributed by atoms with Crippen molar-refractivity contribution in [2.24, 2.45) is 11.7 Å². The number of carbonyl (C=O) groups excluding carboxylic acids is 2. The molecule has 1 amide bonds. The Labute approximate surface area is 119 Å². The van der Waals surface area contributed by atoms with Crippen molar-refractivity contribution in [3.05, 3.63) is 29.8 Å². The normalized spacial score (nSPS) is 12.1. The molecule has 3 N–H and O–H groups in total. The Morgan fingerprint density at radius 1 is 1.35 bits per heavy atom. The average molecular weight is 278 g/mol. The number of carbonyl (C=O) groups is 2. The van der Waals surface area contributed by atoms with E-state index >= 15 is 0 Å². The molecule has 110 valence electrons. The van der Waals surface area contributed by atoms with Gasteiger partial charge in [0.05, 0.1) is 18.2 Å². The first-order valence-corrected chi connectivity index (χ1v) is 6.77. The van der Waals surface area contributed by atoms with E-state index in [1.807, 2.05) is 13.8 Å². The van der Waals surface area contributed by atoms with Gasteiger partial charge in [0, 0.05) is 5.69 Å². The van der Waals surface area contributed by atoms with Gasteiger partial charge >= 0.3 is 5.97 Å². The van der Waals surface area contributed by atoms with Crippen molar-refractivity contribution < 1.29 is 14.3 Å². The van der Waals surface area contributed by atoms with Crippen molar-refractivity contribution in [1.82, 2.24) is 0 Å². The van der Waals surface area contributed by atoms with Crippen LogP contribution in [0.4, 0.5) is 5.69 Å². The molecule has 0 aromatic heterocycles. The van der Waals surface area contributed by atoms with Crippen LogP contribution in [0.5, 0.6) is 0 Å². The monoisotopic (exact) mass is 278 g/mol. The number of esters is 1. The second-order valence-corrected chi connectivity index (χ2v) is 5.03. The molecule has 0 spiro atoms. The Morgan fingerprint density at radius 2 is 2.05 bits per heavy atom. The van der Waals surface area contributed by atoms with E-state index in [1.54, 1.807) is 31.2 Å². The molecule has 1 rings (SSSR count). The molecule has 0 aliphatic heterocycles. The minimum Gasteiger partial charge on any atom is -0.462 e. The van der Waals surface area contributed by atoms with Crippen molar-refractivity contribution in [2.75, 3.05) is 11.9 Å². The van der Waals surface area contributed by atoms with Gasteiger partial charge in [-0.1, -0.05) is 19.9 Å². The molecule has 0 radical (unpaired) electrons. The fourth-order valence-corrected chi connectivity index (χ4v) is 1.79. The SMILES string of the molecule is CCOC(=O)c1cccc(NC(=O)C(N)CC(C)C)c1. The Hall–Kier alpha value is -1.88. The Morgan fingerprint density at radius 3 is 2.65 bits per heavy atom. The molecular weight excluding hydrogens is 256 g/mol. The third kappa shape index (κ3) is 5.01. The highest BCUT2D eigenvalue weighted by Gasteiger charge is 2.15. The van der Waals surface area contributed by atoms with E-state index in [1.165, 1.54) is 0 Å². The highest BCUT2D eigenvalue weighted by molar-refractivity contribution is 5.96. The van der Waals surface area contributed by atoms with Crippen molar-refractivity contribution >= 4 is 17.6 Å². The van der Waals surface area contributed by atoms with E-state index in [9.17, 15) is 9.59 Å². The van der Waals surface area contributed by atoms with Crippen LogP contribution in [0.15, 0.2) is 24.3 Å². The lowest BCUT2D eigenvalue weighted by Crippen LogP contribution is -2.36. The molecule has 1 aromatic carbocycles. The van der Waals surface area contributed by atoms with Gasteiger partial charge in [0.25, 0.3) is 0 Å². The predicted octanol–water partition coefficient (Wildman–Crippen LogP) is 2.18. The number of ether oxygens (including phenoxy) is 1. The lowest BCUT2D eigenvalue weighted by Gasteiger charge is -2.14. The van der Waals surface area contributed by atoms with Gasteiger partial charge in [-0.05, 0) is 37.5 Å². The molecule has 1 unspecified atom stereocenters. The number of hydrogen-bond donors (Lipinski definition) is 2. The molecule has 0 fully saturated rings. The summed E-state index contributed by atoms with van der Waals surface area (Å²) in [4.78, 5) is 23.5. The van der Waals surface area contributed by atoms with Crippen LogP contribution >= 0.6 is 0 Å². The first kappa shape index (κ1) is 16.2. The average Bonchev–Trinajstić information content (AvgIpc) is 2.38. The van der Waals surface area contributed by atoms with Gasteiger partial charge < -0.3 is 15.8 Å². The van der Waals surface area contributed by atoms with Crippen molar-refractivity contribution in [2.45, 2.75) is 33.2 Å². The second kappa shape index (κ2) is 7.65. The van der Waals surface area contributed by atoms with Crippen molar-refractivity contribution in [3.63, 3.8) is 0 Å². The molecule has 1 aromatic rings. The van der Waals surface area contributed by atoms with Gasteiger partial charge in [-0.2, -0.15) is 0 Å². The summed E-state index contributed by atoms with van der Waals surface area (Å²) in [5, 5.41) is 2.71. The van der Waals surface area contributed by atoms with Crippen molar-refractivity contribution in [3.8, 4) is 0 Å². The van der Waals surface area contributed by atoms with Crippen LogP contribution in [0.25, 0.3) is 0 Å². The predicted molar refractivity (Wildman–Crippen MR) is 78.5 cm³/mol. The minimum absolute atomic E-state index is 0.250.